The standard InChI is InChI=1S/C22H27N3O5S/c26-19-9-4-7-17(15-19)21(27)23-12-6-13-24-22(28)18-8-5-14-25(16-18)31(29,30)20-10-2-1-3-11-20/h1-4,7,9-11,15,18,26H,5-6,8,12-14,16H2,(H,23,27)(H,24,28). The third kappa shape index (κ3) is 6.05. The molecule has 2 aromatic carbocycles. The van der Waals surface area contributed by atoms with E-state index in [9.17, 15) is 23.1 Å². The van der Waals surface area contributed by atoms with Gasteiger partial charge in [-0.2, -0.15) is 4.31 Å². The first-order valence-corrected chi connectivity index (χ1v) is 11.7. The van der Waals surface area contributed by atoms with Gasteiger partial charge in [0, 0.05) is 31.7 Å². The van der Waals surface area contributed by atoms with Crippen LogP contribution in [-0.4, -0.2) is 55.8 Å². The van der Waals surface area contributed by atoms with E-state index in [0.717, 1.165) is 0 Å². The molecular formula is C22H27N3O5S. The van der Waals surface area contributed by atoms with Crippen molar-refractivity contribution in [3.8, 4) is 5.75 Å². The van der Waals surface area contributed by atoms with Gasteiger partial charge in [0.05, 0.1) is 10.8 Å². The van der Waals surface area contributed by atoms with Crippen LogP contribution in [0.3, 0.4) is 0 Å². The number of amides is 2. The second-order valence-corrected chi connectivity index (χ2v) is 9.40. The number of rotatable bonds is 8. The highest BCUT2D eigenvalue weighted by Crippen LogP contribution is 2.23. The molecule has 2 amide bonds. The molecule has 1 heterocycles. The SMILES string of the molecule is O=C(NCCCNC(=O)C1CCCN(S(=O)(=O)c2ccccc2)C1)c1cccc(O)c1. The lowest BCUT2D eigenvalue weighted by atomic mass is 9.99. The van der Waals surface area contributed by atoms with Crippen LogP contribution in [-0.2, 0) is 14.8 Å². The van der Waals surface area contributed by atoms with Crippen LogP contribution in [0.4, 0.5) is 0 Å². The lowest BCUT2D eigenvalue weighted by Crippen LogP contribution is -2.45. The van der Waals surface area contributed by atoms with Crippen LogP contribution < -0.4 is 10.6 Å². The minimum atomic E-state index is -3.61. The number of nitrogens with one attached hydrogen (secondary N) is 2. The largest absolute Gasteiger partial charge is 0.508 e. The third-order valence-corrected chi connectivity index (χ3v) is 7.06. The Bertz CT molecular complexity index is 1010. The zero-order valence-corrected chi connectivity index (χ0v) is 18.0. The predicted molar refractivity (Wildman–Crippen MR) is 116 cm³/mol. The van der Waals surface area contributed by atoms with Gasteiger partial charge in [-0.3, -0.25) is 9.59 Å². The van der Waals surface area contributed by atoms with Crippen LogP contribution in [0.1, 0.15) is 29.6 Å². The van der Waals surface area contributed by atoms with Crippen LogP contribution in [0.2, 0.25) is 0 Å². The Balaban J connectivity index is 1.43. The van der Waals surface area contributed by atoms with Crippen LogP contribution in [0.25, 0.3) is 0 Å². The molecule has 0 bridgehead atoms. The first-order chi connectivity index (χ1) is 14.9. The summed E-state index contributed by atoms with van der Waals surface area (Å²) in [5.74, 6) is -0.839. The zero-order valence-electron chi connectivity index (χ0n) is 17.2. The summed E-state index contributed by atoms with van der Waals surface area (Å²) in [6.45, 7) is 1.31. The molecule has 3 N–H and O–H groups in total. The van der Waals surface area contributed by atoms with Crippen molar-refractivity contribution in [1.29, 1.82) is 0 Å². The molecule has 2 aromatic rings. The fourth-order valence-electron chi connectivity index (χ4n) is 3.51. The van der Waals surface area contributed by atoms with Crippen molar-refractivity contribution in [3.05, 3.63) is 60.2 Å². The van der Waals surface area contributed by atoms with Crippen LogP contribution in [0, 0.1) is 5.92 Å². The first kappa shape index (κ1) is 22.8. The number of benzene rings is 2. The number of nitrogens with zero attached hydrogens (tertiary/aromatic N) is 1. The minimum absolute atomic E-state index is 0.0238. The zero-order chi connectivity index (χ0) is 22.3. The van der Waals surface area contributed by atoms with Crippen molar-refractivity contribution in [2.75, 3.05) is 26.2 Å². The van der Waals surface area contributed by atoms with Gasteiger partial charge >= 0.3 is 0 Å². The van der Waals surface area contributed by atoms with Gasteiger partial charge < -0.3 is 15.7 Å². The molecule has 1 fully saturated rings. The van der Waals surface area contributed by atoms with E-state index in [4.69, 9.17) is 0 Å². The molecule has 0 saturated carbocycles. The summed E-state index contributed by atoms with van der Waals surface area (Å²) in [5.41, 5.74) is 0.367. The quantitative estimate of drug-likeness (QED) is 0.535. The van der Waals surface area contributed by atoms with Crippen LogP contribution in [0.15, 0.2) is 59.5 Å². The van der Waals surface area contributed by atoms with E-state index in [-0.39, 0.29) is 29.0 Å². The lowest BCUT2D eigenvalue weighted by Gasteiger charge is -2.31. The van der Waals surface area contributed by atoms with E-state index in [1.54, 1.807) is 42.5 Å². The summed E-state index contributed by atoms with van der Waals surface area (Å²) in [6, 6.07) is 14.3. The molecule has 1 saturated heterocycles. The van der Waals surface area contributed by atoms with Crippen molar-refractivity contribution < 1.29 is 23.1 Å². The molecule has 1 atom stereocenters. The number of piperidine rings is 1. The molecule has 9 heteroatoms. The Morgan fingerprint density at radius 1 is 1.03 bits per heavy atom. The molecule has 0 spiro atoms. The monoisotopic (exact) mass is 445 g/mol. The minimum Gasteiger partial charge on any atom is -0.508 e. The number of carbonyl (C=O) groups excluding carboxylic acids is 2. The van der Waals surface area contributed by atoms with Crippen LogP contribution >= 0.6 is 0 Å². The topological polar surface area (TPSA) is 116 Å². The molecule has 0 radical (unpaired) electrons. The fourth-order valence-corrected chi connectivity index (χ4v) is 5.06. The summed E-state index contributed by atoms with van der Waals surface area (Å²) in [5, 5.41) is 15.0. The van der Waals surface area contributed by atoms with Gasteiger partial charge in [0.2, 0.25) is 15.9 Å². The van der Waals surface area contributed by atoms with Crippen LogP contribution in [0.5, 0.6) is 5.75 Å². The van der Waals surface area contributed by atoms with Gasteiger partial charge in [0.25, 0.3) is 5.91 Å². The van der Waals surface area contributed by atoms with E-state index in [2.05, 4.69) is 10.6 Å². The molecule has 0 aliphatic carbocycles. The lowest BCUT2D eigenvalue weighted by molar-refractivity contribution is -0.126. The van der Waals surface area contributed by atoms with E-state index in [1.807, 2.05) is 0 Å². The van der Waals surface area contributed by atoms with Crippen molar-refractivity contribution in [1.82, 2.24) is 14.9 Å². The summed E-state index contributed by atoms with van der Waals surface area (Å²) >= 11 is 0. The first-order valence-electron chi connectivity index (χ1n) is 10.3. The molecule has 8 nitrogen and oxygen atoms in total. The molecule has 1 unspecified atom stereocenters. The van der Waals surface area contributed by atoms with Gasteiger partial charge in [-0.25, -0.2) is 8.42 Å². The molecule has 1 aliphatic rings. The predicted octanol–water partition coefficient (Wildman–Crippen LogP) is 1.73. The van der Waals surface area contributed by atoms with Gasteiger partial charge in [-0.1, -0.05) is 24.3 Å². The molecule has 1 aliphatic heterocycles. The van der Waals surface area contributed by atoms with Gasteiger partial charge in [0.1, 0.15) is 5.75 Å². The average molecular weight is 446 g/mol. The molecule has 3 rings (SSSR count). The van der Waals surface area contributed by atoms with Crippen molar-refractivity contribution in [2.45, 2.75) is 24.2 Å². The Morgan fingerprint density at radius 2 is 1.77 bits per heavy atom. The van der Waals surface area contributed by atoms with E-state index in [1.165, 1.54) is 16.4 Å². The maximum absolute atomic E-state index is 12.8. The van der Waals surface area contributed by atoms with E-state index < -0.39 is 15.9 Å². The van der Waals surface area contributed by atoms with Gasteiger partial charge in [-0.15, -0.1) is 0 Å². The number of hydrogen-bond acceptors (Lipinski definition) is 5. The Hall–Kier alpha value is -2.91. The number of carbonyl (C=O) groups is 2. The van der Waals surface area contributed by atoms with Crippen molar-refractivity contribution in [2.24, 2.45) is 5.92 Å². The average Bonchev–Trinajstić information content (AvgIpc) is 2.79. The van der Waals surface area contributed by atoms with Gasteiger partial charge in [0.15, 0.2) is 0 Å². The Labute approximate surface area is 182 Å². The smallest absolute Gasteiger partial charge is 0.251 e. The highest BCUT2D eigenvalue weighted by atomic mass is 32.2. The number of phenols is 1. The Morgan fingerprint density at radius 3 is 2.52 bits per heavy atom. The van der Waals surface area contributed by atoms with Crippen molar-refractivity contribution >= 4 is 21.8 Å². The maximum Gasteiger partial charge on any atom is 0.251 e. The molecule has 31 heavy (non-hydrogen) atoms. The number of hydrogen-bond donors (Lipinski definition) is 3. The molecular weight excluding hydrogens is 418 g/mol. The molecule has 166 valence electrons. The highest BCUT2D eigenvalue weighted by molar-refractivity contribution is 7.89. The third-order valence-electron chi connectivity index (χ3n) is 5.18. The fraction of sp³-hybridized carbons (Fsp3) is 0.364. The number of aromatic hydroxyl groups is 1. The second-order valence-electron chi connectivity index (χ2n) is 7.47. The number of sulfonamides is 1. The van der Waals surface area contributed by atoms with E-state index >= 15 is 0 Å². The molecule has 0 aromatic heterocycles. The summed E-state index contributed by atoms with van der Waals surface area (Å²) in [7, 11) is -3.61. The summed E-state index contributed by atoms with van der Waals surface area (Å²) < 4.78 is 27.0. The highest BCUT2D eigenvalue weighted by Gasteiger charge is 2.33. The van der Waals surface area contributed by atoms with Crippen molar-refractivity contribution in [3.63, 3.8) is 0 Å². The summed E-state index contributed by atoms with van der Waals surface area (Å²) in [6.07, 6.45) is 1.81. The Kier molecular flexibility index (Phi) is 7.64. The second kappa shape index (κ2) is 10.4. The van der Waals surface area contributed by atoms with Gasteiger partial charge in [-0.05, 0) is 49.6 Å². The normalized spacial score (nSPS) is 17.1. The summed E-state index contributed by atoms with van der Waals surface area (Å²) in [4.78, 5) is 24.8. The maximum atomic E-state index is 12.8. The number of phenolic OH excluding ortho intramolecular Hbond substituents is 1. The van der Waals surface area contributed by atoms with E-state index in [0.29, 0.717) is 44.5 Å².